The maximum atomic E-state index is 12.7. The molecule has 34 heavy (non-hydrogen) atoms. The number of esters is 1. The number of allylic oxidation sites excluding steroid dienone is 1. The summed E-state index contributed by atoms with van der Waals surface area (Å²) in [5.74, 6) is 0.595. The Labute approximate surface area is 216 Å². The zero-order valence-corrected chi connectivity index (χ0v) is 21.8. The third-order valence-electron chi connectivity index (χ3n) is 5.16. The van der Waals surface area contributed by atoms with Gasteiger partial charge in [0.1, 0.15) is 40.6 Å². The number of fused-ring (bicyclic) bond motifs is 1. The lowest BCUT2D eigenvalue weighted by Gasteiger charge is -2.22. The van der Waals surface area contributed by atoms with Crippen LogP contribution in [0.25, 0.3) is 10.8 Å². The molecule has 0 saturated carbocycles. The number of carbonyl (C=O) groups is 2. The normalized spacial score (nSPS) is 11.7. The minimum atomic E-state index is -0.400. The van der Waals surface area contributed by atoms with E-state index < -0.39 is 5.97 Å². The highest BCUT2D eigenvalue weighted by molar-refractivity contribution is 14.1. The van der Waals surface area contributed by atoms with Crippen molar-refractivity contribution in [3.63, 3.8) is 0 Å². The van der Waals surface area contributed by atoms with Crippen LogP contribution in [0.1, 0.15) is 35.1 Å². The predicted octanol–water partition coefficient (Wildman–Crippen LogP) is 5.01. The van der Waals surface area contributed by atoms with Gasteiger partial charge in [-0.1, -0.05) is 48.2 Å². The van der Waals surface area contributed by atoms with Crippen molar-refractivity contribution in [2.24, 2.45) is 0 Å². The standard InChI is InChI=1S/C24H25IN4O4S/c1-16(29(14-30)13-19-12-27-17(2)28-23(19)26)22(10-11-33-25)34-15-32-24(31)21-9-5-7-18-6-3-4-8-20(18)21/h3-9,12,14H,10-11,13,15H2,1-2H3,(H2,26,27,28)/b22-16-. The van der Waals surface area contributed by atoms with Crippen LogP contribution in [0.4, 0.5) is 5.82 Å². The van der Waals surface area contributed by atoms with Gasteiger partial charge in [0.25, 0.3) is 0 Å². The van der Waals surface area contributed by atoms with Gasteiger partial charge in [0, 0.05) is 28.8 Å². The van der Waals surface area contributed by atoms with Gasteiger partial charge in [0.15, 0.2) is 0 Å². The molecule has 178 valence electrons. The van der Waals surface area contributed by atoms with Gasteiger partial charge in [-0.05, 0) is 30.7 Å². The van der Waals surface area contributed by atoms with E-state index in [4.69, 9.17) is 13.5 Å². The fourth-order valence-electron chi connectivity index (χ4n) is 3.34. The van der Waals surface area contributed by atoms with Crippen LogP contribution >= 0.6 is 34.8 Å². The predicted molar refractivity (Wildman–Crippen MR) is 142 cm³/mol. The van der Waals surface area contributed by atoms with E-state index in [1.54, 1.807) is 19.2 Å². The van der Waals surface area contributed by atoms with E-state index in [1.807, 2.05) is 66.3 Å². The van der Waals surface area contributed by atoms with Crippen molar-refractivity contribution in [3.05, 3.63) is 76.2 Å². The van der Waals surface area contributed by atoms with Gasteiger partial charge in [0.05, 0.1) is 18.7 Å². The monoisotopic (exact) mass is 592 g/mol. The molecule has 0 aliphatic rings. The summed E-state index contributed by atoms with van der Waals surface area (Å²) in [5.41, 5.74) is 7.87. The number of benzene rings is 2. The number of anilines is 1. The van der Waals surface area contributed by atoms with Gasteiger partial charge in [-0.2, -0.15) is 0 Å². The molecule has 0 unspecified atom stereocenters. The van der Waals surface area contributed by atoms with Crippen molar-refractivity contribution in [2.75, 3.05) is 18.3 Å². The quantitative estimate of drug-likeness (QED) is 0.143. The third kappa shape index (κ3) is 6.67. The van der Waals surface area contributed by atoms with Crippen molar-refractivity contribution < 1.29 is 17.4 Å². The molecule has 0 atom stereocenters. The first-order valence-electron chi connectivity index (χ1n) is 10.5. The first kappa shape index (κ1) is 25.9. The molecule has 0 fully saturated rings. The number of rotatable bonds is 11. The van der Waals surface area contributed by atoms with Crippen LogP contribution in [0.3, 0.4) is 0 Å². The summed E-state index contributed by atoms with van der Waals surface area (Å²) in [5, 5.41) is 1.82. The third-order valence-corrected chi connectivity index (χ3v) is 6.68. The zero-order chi connectivity index (χ0) is 24.5. The zero-order valence-electron chi connectivity index (χ0n) is 18.9. The highest BCUT2D eigenvalue weighted by atomic mass is 127. The first-order valence-corrected chi connectivity index (χ1v) is 12.3. The Kier molecular flexibility index (Phi) is 9.66. The van der Waals surface area contributed by atoms with Gasteiger partial charge >= 0.3 is 5.97 Å². The van der Waals surface area contributed by atoms with Crippen LogP contribution in [-0.4, -0.2) is 39.8 Å². The lowest BCUT2D eigenvalue weighted by Crippen LogP contribution is -2.22. The molecular formula is C24H25IN4O4S. The number of nitrogens with two attached hydrogens (primary N) is 1. The van der Waals surface area contributed by atoms with Crippen LogP contribution in [0.5, 0.6) is 0 Å². The summed E-state index contributed by atoms with van der Waals surface area (Å²) in [6.07, 6.45) is 2.91. The smallest absolute Gasteiger partial charge is 0.339 e. The second-order valence-corrected chi connectivity index (χ2v) is 8.99. The van der Waals surface area contributed by atoms with Crippen molar-refractivity contribution >= 4 is 63.7 Å². The lowest BCUT2D eigenvalue weighted by atomic mass is 10.1. The number of aromatic nitrogens is 2. The van der Waals surface area contributed by atoms with Crippen LogP contribution in [0.15, 0.2) is 59.3 Å². The van der Waals surface area contributed by atoms with Gasteiger partial charge in [-0.15, -0.1) is 0 Å². The first-order chi connectivity index (χ1) is 16.4. The summed E-state index contributed by atoms with van der Waals surface area (Å²) in [6.45, 7) is 4.26. The highest BCUT2D eigenvalue weighted by Crippen LogP contribution is 2.28. The summed E-state index contributed by atoms with van der Waals surface area (Å²) in [7, 11) is 0. The molecule has 0 aliphatic heterocycles. The second kappa shape index (κ2) is 12.7. The molecule has 3 rings (SSSR count). The number of nitrogen functional groups attached to an aromatic ring is 1. The molecule has 0 aliphatic carbocycles. The Morgan fingerprint density at radius 1 is 1.24 bits per heavy atom. The fourth-order valence-corrected chi connectivity index (χ4v) is 4.42. The summed E-state index contributed by atoms with van der Waals surface area (Å²) < 4.78 is 10.8. The molecule has 10 heteroatoms. The molecule has 2 aromatic carbocycles. The summed E-state index contributed by atoms with van der Waals surface area (Å²) >= 11 is 3.18. The Morgan fingerprint density at radius 2 is 2.00 bits per heavy atom. The Hall–Kier alpha value is -2.70. The molecule has 8 nitrogen and oxygen atoms in total. The molecule has 3 aromatic rings. The van der Waals surface area contributed by atoms with Crippen molar-refractivity contribution in [1.29, 1.82) is 0 Å². The summed E-state index contributed by atoms with van der Waals surface area (Å²) in [6, 6.07) is 13.2. The number of halogens is 1. The van der Waals surface area contributed by atoms with Crippen molar-refractivity contribution in [1.82, 2.24) is 14.9 Å². The largest absolute Gasteiger partial charge is 0.451 e. The Bertz CT molecular complexity index is 1200. The van der Waals surface area contributed by atoms with E-state index in [0.29, 0.717) is 35.8 Å². The van der Waals surface area contributed by atoms with Gasteiger partial charge in [0.2, 0.25) is 6.41 Å². The van der Waals surface area contributed by atoms with Crippen molar-refractivity contribution in [2.45, 2.75) is 26.8 Å². The van der Waals surface area contributed by atoms with Gasteiger partial charge in [-0.3, -0.25) is 4.79 Å². The fraction of sp³-hybridized carbons (Fsp3) is 0.250. The van der Waals surface area contributed by atoms with E-state index in [2.05, 4.69) is 9.97 Å². The molecular weight excluding hydrogens is 567 g/mol. The number of amides is 1. The van der Waals surface area contributed by atoms with E-state index in [1.165, 1.54) is 16.7 Å². The number of hydrogen-bond donors (Lipinski definition) is 1. The van der Waals surface area contributed by atoms with E-state index >= 15 is 0 Å². The molecule has 0 bridgehead atoms. The number of hydrogen-bond acceptors (Lipinski definition) is 8. The average Bonchev–Trinajstić information content (AvgIpc) is 2.84. The second-order valence-electron chi connectivity index (χ2n) is 7.35. The van der Waals surface area contributed by atoms with E-state index in [9.17, 15) is 9.59 Å². The lowest BCUT2D eigenvalue weighted by molar-refractivity contribution is -0.116. The molecule has 2 N–H and O–H groups in total. The molecule has 0 saturated heterocycles. The van der Waals surface area contributed by atoms with Crippen LogP contribution < -0.4 is 5.73 Å². The number of carbonyl (C=O) groups excluding carboxylic acids is 2. The molecule has 1 aromatic heterocycles. The maximum Gasteiger partial charge on any atom is 0.339 e. The van der Waals surface area contributed by atoms with Crippen LogP contribution in [0, 0.1) is 6.92 Å². The highest BCUT2D eigenvalue weighted by Gasteiger charge is 2.16. The van der Waals surface area contributed by atoms with Crippen LogP contribution in [-0.2, 0) is 19.1 Å². The SMILES string of the molecule is C/C(=C(\CCOI)SCOC(=O)c1cccc2ccccc12)N(C=O)Cc1cnc(C)nc1N. The van der Waals surface area contributed by atoms with Crippen LogP contribution in [0.2, 0.25) is 0 Å². The Balaban J connectivity index is 1.73. The van der Waals surface area contributed by atoms with E-state index in [0.717, 1.165) is 27.8 Å². The maximum absolute atomic E-state index is 12.7. The molecule has 0 radical (unpaired) electrons. The molecule has 1 heterocycles. The minimum Gasteiger partial charge on any atom is -0.451 e. The van der Waals surface area contributed by atoms with Crippen molar-refractivity contribution in [3.8, 4) is 0 Å². The number of ether oxygens (including phenoxy) is 1. The number of nitrogens with zero attached hydrogens (tertiary/aromatic N) is 3. The van der Waals surface area contributed by atoms with Gasteiger partial charge < -0.3 is 18.4 Å². The Morgan fingerprint density at radius 3 is 2.74 bits per heavy atom. The minimum absolute atomic E-state index is 0.0957. The summed E-state index contributed by atoms with van der Waals surface area (Å²) in [4.78, 5) is 35.4. The number of aryl methyl sites for hydroxylation is 1. The van der Waals surface area contributed by atoms with E-state index in [-0.39, 0.29) is 12.5 Å². The average molecular weight is 592 g/mol. The topological polar surface area (TPSA) is 108 Å². The van der Waals surface area contributed by atoms with Gasteiger partial charge in [-0.25, -0.2) is 14.8 Å². The number of thioether (sulfide) groups is 1. The molecule has 0 spiro atoms. The molecule has 1 amide bonds.